The quantitative estimate of drug-likeness (QED) is 0.475. The zero-order chi connectivity index (χ0) is 21.8. The van der Waals surface area contributed by atoms with E-state index in [-0.39, 0.29) is 5.69 Å². The van der Waals surface area contributed by atoms with Crippen molar-refractivity contribution in [3.63, 3.8) is 0 Å². The molecule has 5 rings (SSSR count). The van der Waals surface area contributed by atoms with Crippen molar-refractivity contribution in [3.8, 4) is 0 Å². The molecular weight excluding hydrogens is 398 g/mol. The van der Waals surface area contributed by atoms with Crippen molar-refractivity contribution >= 4 is 17.0 Å². The van der Waals surface area contributed by atoms with Crippen molar-refractivity contribution < 1.29 is 8.78 Å². The summed E-state index contributed by atoms with van der Waals surface area (Å²) in [4.78, 5) is 4.00. The molecule has 31 heavy (non-hydrogen) atoms. The molecule has 0 amide bonds. The lowest BCUT2D eigenvalue weighted by Crippen LogP contribution is -2.26. The summed E-state index contributed by atoms with van der Waals surface area (Å²) in [5.41, 5.74) is 7.24. The van der Waals surface area contributed by atoms with Gasteiger partial charge in [0.2, 0.25) is 0 Å². The van der Waals surface area contributed by atoms with E-state index in [1.54, 1.807) is 10.5 Å². The van der Waals surface area contributed by atoms with Crippen molar-refractivity contribution in [1.29, 1.82) is 0 Å². The molecular formula is C23H26F2N6. The van der Waals surface area contributed by atoms with E-state index in [2.05, 4.69) is 34.7 Å². The molecule has 0 radical (unpaired) electrons. The number of fused-ring (bicyclic) bond motifs is 2. The average Bonchev–Trinajstić information content (AvgIpc) is 3.40. The van der Waals surface area contributed by atoms with Gasteiger partial charge in [0.05, 0.1) is 11.2 Å². The number of imidazole rings is 1. The number of nitrogens with two attached hydrogens (primary N) is 1. The van der Waals surface area contributed by atoms with Crippen LogP contribution in [0.25, 0.3) is 11.2 Å². The van der Waals surface area contributed by atoms with Gasteiger partial charge in [-0.2, -0.15) is 5.10 Å². The molecule has 6 nitrogen and oxygen atoms in total. The normalized spacial score (nSPS) is 18.7. The predicted octanol–water partition coefficient (Wildman–Crippen LogP) is 5.15. The van der Waals surface area contributed by atoms with Crippen LogP contribution in [0.5, 0.6) is 0 Å². The van der Waals surface area contributed by atoms with Crippen LogP contribution in [0.15, 0.2) is 67.6 Å². The molecule has 0 aromatic carbocycles. The number of nitrogens with one attached hydrogen (secondary N) is 1. The molecule has 1 aliphatic carbocycles. The number of hydrogen-bond donors (Lipinski definition) is 2. The molecule has 4 heterocycles. The molecule has 0 aliphatic heterocycles. The molecule has 0 saturated heterocycles. The number of hydrogen-bond acceptors (Lipinski definition) is 4. The molecule has 1 fully saturated rings. The lowest BCUT2D eigenvalue weighted by Gasteiger charge is -2.29. The number of alkyl halides is 2. The molecule has 8 heteroatoms. The topological polar surface area (TPSA) is 72.7 Å². The fraction of sp³-hybridized carbons (Fsp3) is 0.304. The van der Waals surface area contributed by atoms with Crippen molar-refractivity contribution in [2.75, 3.05) is 5.32 Å². The van der Waals surface area contributed by atoms with Gasteiger partial charge in [-0.15, -0.1) is 0 Å². The van der Waals surface area contributed by atoms with E-state index in [0.717, 1.165) is 42.7 Å². The highest BCUT2D eigenvalue weighted by atomic mass is 19.3. The van der Waals surface area contributed by atoms with Gasteiger partial charge in [0.1, 0.15) is 17.2 Å². The number of pyridine rings is 2. The van der Waals surface area contributed by atoms with Gasteiger partial charge in [0.15, 0.2) is 0 Å². The molecule has 162 valence electrons. The average molecular weight is 424 g/mol. The van der Waals surface area contributed by atoms with Crippen LogP contribution >= 0.6 is 0 Å². The Balaban J connectivity index is 0.000000730. The minimum absolute atomic E-state index is 0.190. The first-order valence-corrected chi connectivity index (χ1v) is 10.4. The van der Waals surface area contributed by atoms with E-state index in [1.165, 1.54) is 12.4 Å². The Bertz CT molecular complexity index is 1120. The van der Waals surface area contributed by atoms with Gasteiger partial charge in [0.25, 0.3) is 6.43 Å². The van der Waals surface area contributed by atoms with Gasteiger partial charge in [-0.3, -0.25) is 4.40 Å². The second kappa shape index (κ2) is 9.16. The Labute approximate surface area is 179 Å². The smallest absolute Gasteiger partial charge is 0.281 e. The molecule has 0 spiro atoms. The molecule has 1 saturated carbocycles. The summed E-state index contributed by atoms with van der Waals surface area (Å²) in [6, 6.07) is 14.1. The summed E-state index contributed by atoms with van der Waals surface area (Å²) in [6.07, 6.45) is 6.24. The minimum Gasteiger partial charge on any atom is -0.405 e. The Morgan fingerprint density at radius 2 is 1.90 bits per heavy atom. The van der Waals surface area contributed by atoms with Gasteiger partial charge < -0.3 is 11.1 Å². The lowest BCUT2D eigenvalue weighted by atomic mass is 9.84. The van der Waals surface area contributed by atoms with E-state index < -0.39 is 6.43 Å². The zero-order valence-corrected chi connectivity index (χ0v) is 17.2. The van der Waals surface area contributed by atoms with E-state index in [9.17, 15) is 8.78 Å². The number of nitrogens with zero attached hydrogens (tertiary/aromatic N) is 4. The number of aromatic nitrogens is 4. The largest absolute Gasteiger partial charge is 0.405 e. The third kappa shape index (κ3) is 4.52. The second-order valence-corrected chi connectivity index (χ2v) is 7.67. The first kappa shape index (κ1) is 20.8. The molecule has 3 N–H and O–H groups in total. The Kier molecular flexibility index (Phi) is 6.16. The van der Waals surface area contributed by atoms with Crippen LogP contribution in [0.1, 0.15) is 49.4 Å². The SMILES string of the molecule is C=CN.FC(F)c1cn2c(NC3CCC(c4cc5ccccn5n4)CC3)cccc2n1. The maximum atomic E-state index is 13.0. The van der Waals surface area contributed by atoms with Crippen molar-refractivity contribution in [1.82, 2.24) is 19.0 Å². The predicted molar refractivity (Wildman–Crippen MR) is 118 cm³/mol. The van der Waals surface area contributed by atoms with E-state index in [1.807, 2.05) is 35.0 Å². The first-order chi connectivity index (χ1) is 15.1. The van der Waals surface area contributed by atoms with Gasteiger partial charge in [-0.05, 0) is 62.2 Å². The summed E-state index contributed by atoms with van der Waals surface area (Å²) in [6.45, 7) is 3.14. The maximum absolute atomic E-state index is 13.0. The highest BCUT2D eigenvalue weighted by Gasteiger charge is 2.25. The van der Waals surface area contributed by atoms with Gasteiger partial charge in [-0.1, -0.05) is 18.7 Å². The Hall–Kier alpha value is -3.42. The number of halogens is 2. The summed E-state index contributed by atoms with van der Waals surface area (Å²) in [5, 5.41) is 8.25. The van der Waals surface area contributed by atoms with Crippen LogP contribution in [-0.2, 0) is 0 Å². The summed E-state index contributed by atoms with van der Waals surface area (Å²) >= 11 is 0. The fourth-order valence-electron chi connectivity index (χ4n) is 4.15. The third-order valence-corrected chi connectivity index (χ3v) is 5.62. The maximum Gasteiger partial charge on any atom is 0.281 e. The van der Waals surface area contributed by atoms with Crippen LogP contribution < -0.4 is 11.1 Å². The van der Waals surface area contributed by atoms with Gasteiger partial charge in [0, 0.05) is 24.4 Å². The second-order valence-electron chi connectivity index (χ2n) is 7.67. The van der Waals surface area contributed by atoms with Crippen molar-refractivity contribution in [3.05, 3.63) is 79.0 Å². The summed E-state index contributed by atoms with van der Waals surface area (Å²) < 4.78 is 29.6. The van der Waals surface area contributed by atoms with Crippen LogP contribution in [-0.4, -0.2) is 25.0 Å². The van der Waals surface area contributed by atoms with E-state index >= 15 is 0 Å². The molecule has 1 aliphatic rings. The van der Waals surface area contributed by atoms with Crippen LogP contribution in [0.2, 0.25) is 0 Å². The van der Waals surface area contributed by atoms with E-state index in [4.69, 9.17) is 5.10 Å². The van der Waals surface area contributed by atoms with Crippen LogP contribution in [0.4, 0.5) is 14.6 Å². The molecule has 4 aromatic rings. The molecule has 4 aromatic heterocycles. The minimum atomic E-state index is -2.56. The Morgan fingerprint density at radius 1 is 1.13 bits per heavy atom. The molecule has 0 bridgehead atoms. The van der Waals surface area contributed by atoms with Gasteiger partial charge >= 0.3 is 0 Å². The highest BCUT2D eigenvalue weighted by molar-refractivity contribution is 5.52. The standard InChI is InChI=1S/C21H21F2N5.C2H5N/c22-21(23)18-13-27-19(5-3-6-20(27)25-18)24-15-9-7-14(8-10-15)17-12-16-4-1-2-11-28(16)26-17;1-2-3/h1-6,11-15,21,24H,7-10H2;2H,1,3H2. The lowest BCUT2D eigenvalue weighted by molar-refractivity contribution is 0.147. The van der Waals surface area contributed by atoms with Crippen molar-refractivity contribution in [2.45, 2.75) is 44.1 Å². The number of anilines is 1. The first-order valence-electron chi connectivity index (χ1n) is 10.4. The third-order valence-electron chi connectivity index (χ3n) is 5.62. The van der Waals surface area contributed by atoms with Crippen LogP contribution in [0, 0.1) is 0 Å². The zero-order valence-electron chi connectivity index (χ0n) is 17.2. The fourth-order valence-corrected chi connectivity index (χ4v) is 4.15. The van der Waals surface area contributed by atoms with Crippen LogP contribution in [0.3, 0.4) is 0 Å². The molecule has 0 atom stereocenters. The summed E-state index contributed by atoms with van der Waals surface area (Å²) in [5.74, 6) is 1.28. The Morgan fingerprint density at radius 3 is 2.61 bits per heavy atom. The monoisotopic (exact) mass is 424 g/mol. The van der Waals surface area contributed by atoms with E-state index in [0.29, 0.717) is 17.6 Å². The molecule has 0 unspecified atom stereocenters. The highest BCUT2D eigenvalue weighted by Crippen LogP contribution is 2.34. The van der Waals surface area contributed by atoms with Gasteiger partial charge in [-0.25, -0.2) is 18.3 Å². The summed E-state index contributed by atoms with van der Waals surface area (Å²) in [7, 11) is 0. The van der Waals surface area contributed by atoms with Crippen molar-refractivity contribution in [2.24, 2.45) is 5.73 Å². The number of rotatable bonds is 4.